The van der Waals surface area contributed by atoms with Crippen LogP contribution in [0.25, 0.3) is 11.1 Å². The van der Waals surface area contributed by atoms with Crippen LogP contribution in [0, 0.1) is 23.2 Å². The van der Waals surface area contributed by atoms with Crippen molar-refractivity contribution >= 4 is 21.7 Å². The number of hydrogen-bond donors (Lipinski definition) is 2. The van der Waals surface area contributed by atoms with Crippen LogP contribution in [-0.4, -0.2) is 66.5 Å². The summed E-state index contributed by atoms with van der Waals surface area (Å²) in [6.45, 7) is 6.32. The monoisotopic (exact) mass is 629 g/mol. The second-order valence-electron chi connectivity index (χ2n) is 14.0. The van der Waals surface area contributed by atoms with Crippen LogP contribution in [0.5, 0.6) is 5.75 Å². The van der Waals surface area contributed by atoms with Crippen molar-refractivity contribution < 1.29 is 18.3 Å². The summed E-state index contributed by atoms with van der Waals surface area (Å²) in [5.74, 6) is 2.24. The quantitative estimate of drug-likeness (QED) is 0.340. The Bertz CT molecular complexity index is 1630. The van der Waals surface area contributed by atoms with Gasteiger partial charge < -0.3 is 10.0 Å². The Kier molecular flexibility index (Phi) is 8.06. The summed E-state index contributed by atoms with van der Waals surface area (Å²) in [6, 6.07) is 17.2. The molecule has 4 saturated carbocycles. The van der Waals surface area contributed by atoms with Crippen molar-refractivity contribution in [3.05, 3.63) is 71.4 Å². The minimum Gasteiger partial charge on any atom is -0.508 e. The number of aromatic hydroxyl groups is 1. The third kappa shape index (κ3) is 6.58. The van der Waals surface area contributed by atoms with E-state index < -0.39 is 15.9 Å². The lowest BCUT2D eigenvalue weighted by Crippen LogP contribution is -2.51. The largest absolute Gasteiger partial charge is 0.508 e. The molecule has 1 aromatic heterocycles. The first-order valence-corrected chi connectivity index (χ1v) is 18.1. The molecule has 4 aliphatic carbocycles. The number of anilines is 1. The lowest BCUT2D eigenvalue weighted by Gasteiger charge is -2.56. The van der Waals surface area contributed by atoms with Crippen molar-refractivity contribution in [2.45, 2.75) is 58.4 Å². The minimum atomic E-state index is -3.77. The van der Waals surface area contributed by atoms with E-state index in [4.69, 9.17) is 0 Å². The molecule has 1 saturated heterocycles. The highest BCUT2D eigenvalue weighted by atomic mass is 32.2. The molecule has 1 amide bonds. The molecule has 0 spiro atoms. The average molecular weight is 630 g/mol. The predicted molar refractivity (Wildman–Crippen MR) is 174 cm³/mol. The first-order valence-electron chi connectivity index (χ1n) is 16.4. The molecule has 1 aliphatic heterocycles. The summed E-state index contributed by atoms with van der Waals surface area (Å²) >= 11 is 0. The van der Waals surface area contributed by atoms with Crippen LogP contribution in [-0.2, 0) is 23.0 Å². The zero-order valence-corrected chi connectivity index (χ0v) is 26.8. The van der Waals surface area contributed by atoms with E-state index in [1.807, 2.05) is 12.1 Å². The van der Waals surface area contributed by atoms with Gasteiger partial charge in [-0.1, -0.05) is 37.3 Å². The summed E-state index contributed by atoms with van der Waals surface area (Å²) in [7, 11) is -3.77. The summed E-state index contributed by atoms with van der Waals surface area (Å²) in [5.41, 5.74) is 4.57. The van der Waals surface area contributed by atoms with Gasteiger partial charge in [-0.2, -0.15) is 0 Å². The fourth-order valence-electron chi connectivity index (χ4n) is 9.06. The zero-order valence-electron chi connectivity index (χ0n) is 26.0. The molecule has 4 bridgehead atoms. The van der Waals surface area contributed by atoms with Crippen molar-refractivity contribution in [1.82, 2.24) is 19.8 Å². The Morgan fingerprint density at radius 3 is 2.20 bits per heavy atom. The van der Waals surface area contributed by atoms with Gasteiger partial charge in [-0.25, -0.2) is 13.1 Å². The lowest BCUT2D eigenvalue weighted by molar-refractivity contribution is -0.0391. The van der Waals surface area contributed by atoms with Crippen molar-refractivity contribution in [3.8, 4) is 16.9 Å². The molecule has 3 aromatic rings. The number of nitrogens with one attached hydrogen (secondary N) is 1. The molecule has 10 heteroatoms. The Hall–Kier alpha value is -3.50. The van der Waals surface area contributed by atoms with Crippen molar-refractivity contribution in [1.29, 1.82) is 0 Å². The van der Waals surface area contributed by atoms with Gasteiger partial charge in [0.15, 0.2) is 11.5 Å². The summed E-state index contributed by atoms with van der Waals surface area (Å²) in [5, 5.41) is 18.3. The second kappa shape index (κ2) is 12.0. The topological polar surface area (TPSA) is 116 Å². The van der Waals surface area contributed by atoms with Gasteiger partial charge in [-0.05, 0) is 115 Å². The molecule has 5 aliphatic rings. The van der Waals surface area contributed by atoms with Crippen LogP contribution in [0.3, 0.4) is 0 Å². The molecule has 2 aromatic carbocycles. The van der Waals surface area contributed by atoms with Crippen LogP contribution in [0.4, 0.5) is 5.82 Å². The smallest absolute Gasteiger partial charge is 0.285 e. The summed E-state index contributed by atoms with van der Waals surface area (Å²) < 4.78 is 28.5. The number of benzene rings is 2. The zero-order chi connectivity index (χ0) is 31.2. The molecule has 0 atom stereocenters. The number of rotatable bonds is 9. The number of phenols is 1. The molecular formula is C35H43N5O4S. The van der Waals surface area contributed by atoms with E-state index >= 15 is 0 Å². The molecule has 5 fully saturated rings. The Balaban J connectivity index is 0.925. The van der Waals surface area contributed by atoms with Crippen LogP contribution < -0.4 is 9.62 Å². The molecule has 0 radical (unpaired) electrons. The maximum absolute atomic E-state index is 13.1. The number of hydrogen-bond acceptors (Lipinski definition) is 8. The van der Waals surface area contributed by atoms with Gasteiger partial charge in [0.25, 0.3) is 5.91 Å². The van der Waals surface area contributed by atoms with E-state index in [9.17, 15) is 18.3 Å². The fourth-order valence-corrected chi connectivity index (χ4v) is 10.7. The van der Waals surface area contributed by atoms with Crippen LogP contribution >= 0.6 is 0 Å². The number of carbonyl (C=O) groups is 1. The van der Waals surface area contributed by atoms with Crippen molar-refractivity contribution in [2.24, 2.45) is 23.2 Å². The normalized spacial score (nSPS) is 26.2. The highest BCUT2D eigenvalue weighted by Gasteiger charge is 2.52. The summed E-state index contributed by atoms with van der Waals surface area (Å²) in [6.07, 6.45) is 7.60. The number of aromatic nitrogens is 2. The Labute approximate surface area is 266 Å². The molecule has 2 heterocycles. The molecule has 238 valence electrons. The van der Waals surface area contributed by atoms with E-state index in [-0.39, 0.29) is 22.6 Å². The fraction of sp³-hybridized carbons (Fsp3) is 0.514. The van der Waals surface area contributed by atoms with Crippen molar-refractivity contribution in [2.75, 3.05) is 36.8 Å². The number of sulfonamides is 1. The van der Waals surface area contributed by atoms with E-state index in [1.54, 1.807) is 24.3 Å². The minimum absolute atomic E-state index is 0.0210. The first kappa shape index (κ1) is 30.2. The Morgan fingerprint density at radius 2 is 1.58 bits per heavy atom. The van der Waals surface area contributed by atoms with E-state index in [0.29, 0.717) is 23.6 Å². The van der Waals surface area contributed by atoms with Gasteiger partial charge in [0.2, 0.25) is 10.0 Å². The van der Waals surface area contributed by atoms with E-state index in [0.717, 1.165) is 69.5 Å². The standard InChI is InChI=1S/C35H43N5O4S/c1-2-27-17-29(28-4-3-5-31(41)18-28)6-7-30(27)22-39-10-12-40(13-11-39)33-9-8-32(36-37-33)34(42)38-45(43,44)23-35-19-24-14-25(20-35)16-26(15-24)21-35/h3-9,17-18,24-26,41H,2,10-16,19-23H2,1H3,(H,38,42). The molecule has 2 N–H and O–H groups in total. The molecule has 0 unspecified atom stereocenters. The van der Waals surface area contributed by atoms with Crippen LogP contribution in [0.1, 0.15) is 67.1 Å². The SMILES string of the molecule is CCc1cc(-c2cccc(O)c2)ccc1CN1CCN(c2ccc(C(=O)NS(=O)(=O)CC34CC5CC(CC(C5)C3)C4)nn2)CC1. The van der Waals surface area contributed by atoms with Gasteiger partial charge in [-0.3, -0.25) is 9.69 Å². The van der Waals surface area contributed by atoms with Crippen LogP contribution in [0.2, 0.25) is 0 Å². The van der Waals surface area contributed by atoms with Gasteiger partial charge in [0, 0.05) is 32.7 Å². The number of carbonyl (C=O) groups excluding carboxylic acids is 1. The van der Waals surface area contributed by atoms with Gasteiger partial charge in [0.1, 0.15) is 5.75 Å². The number of amides is 1. The predicted octanol–water partition coefficient (Wildman–Crippen LogP) is 5.01. The second-order valence-corrected chi connectivity index (χ2v) is 15.8. The molecule has 9 nitrogen and oxygen atoms in total. The third-order valence-corrected chi connectivity index (χ3v) is 12.1. The molecular weight excluding hydrogens is 586 g/mol. The highest BCUT2D eigenvalue weighted by molar-refractivity contribution is 7.90. The van der Waals surface area contributed by atoms with E-state index in [2.05, 4.69) is 49.8 Å². The average Bonchev–Trinajstić information content (AvgIpc) is 3.00. The number of nitrogens with zero attached hydrogens (tertiary/aromatic N) is 4. The maximum atomic E-state index is 13.1. The van der Waals surface area contributed by atoms with E-state index in [1.165, 1.54) is 30.4 Å². The van der Waals surface area contributed by atoms with Gasteiger partial charge >= 0.3 is 0 Å². The van der Waals surface area contributed by atoms with Gasteiger partial charge in [0.05, 0.1) is 5.75 Å². The highest BCUT2D eigenvalue weighted by Crippen LogP contribution is 2.60. The number of aryl methyl sites for hydroxylation is 1. The number of phenolic OH excluding ortho intramolecular Hbond substituents is 1. The molecule has 8 rings (SSSR count). The van der Waals surface area contributed by atoms with Crippen LogP contribution in [0.15, 0.2) is 54.6 Å². The molecule has 45 heavy (non-hydrogen) atoms. The lowest BCUT2D eigenvalue weighted by atomic mass is 9.50. The Morgan fingerprint density at radius 1 is 0.889 bits per heavy atom. The first-order chi connectivity index (χ1) is 21.7. The maximum Gasteiger partial charge on any atom is 0.285 e. The van der Waals surface area contributed by atoms with Crippen molar-refractivity contribution in [3.63, 3.8) is 0 Å². The van der Waals surface area contributed by atoms with Gasteiger partial charge in [-0.15, -0.1) is 10.2 Å². The number of piperazine rings is 1. The summed E-state index contributed by atoms with van der Waals surface area (Å²) in [4.78, 5) is 17.5. The third-order valence-electron chi connectivity index (χ3n) is 10.6.